The van der Waals surface area contributed by atoms with Crippen LogP contribution < -0.4 is 10.5 Å². The van der Waals surface area contributed by atoms with Crippen molar-refractivity contribution >= 4 is 5.91 Å². The summed E-state index contributed by atoms with van der Waals surface area (Å²) in [7, 11) is 0. The van der Waals surface area contributed by atoms with Gasteiger partial charge in [0.15, 0.2) is 0 Å². The lowest BCUT2D eigenvalue weighted by Gasteiger charge is -2.34. The number of amides is 1. The number of rotatable bonds is 5. The third-order valence-electron chi connectivity index (χ3n) is 3.95. The second-order valence-corrected chi connectivity index (χ2v) is 5.65. The SMILES string of the molecule is C[C@H](N)[C@@H]1CCCN(C(=O)CCOc2ccc(F)cc2)C1. The largest absolute Gasteiger partial charge is 0.493 e. The third-order valence-corrected chi connectivity index (χ3v) is 3.95. The first-order valence-corrected chi connectivity index (χ1v) is 7.48. The van der Waals surface area contributed by atoms with Crippen LogP contribution in [0.5, 0.6) is 5.75 Å². The molecule has 0 spiro atoms. The topological polar surface area (TPSA) is 55.6 Å². The van der Waals surface area contributed by atoms with Crippen LogP contribution in [0.3, 0.4) is 0 Å². The molecule has 21 heavy (non-hydrogen) atoms. The molecule has 2 N–H and O–H groups in total. The van der Waals surface area contributed by atoms with Crippen LogP contribution in [0.25, 0.3) is 0 Å². The van der Waals surface area contributed by atoms with E-state index in [0.29, 0.717) is 24.7 Å². The summed E-state index contributed by atoms with van der Waals surface area (Å²) in [5.41, 5.74) is 5.92. The number of carbonyl (C=O) groups excluding carboxylic acids is 1. The van der Waals surface area contributed by atoms with Crippen molar-refractivity contribution in [2.24, 2.45) is 11.7 Å². The van der Waals surface area contributed by atoms with Gasteiger partial charge in [-0.3, -0.25) is 4.79 Å². The molecule has 0 bridgehead atoms. The highest BCUT2D eigenvalue weighted by Gasteiger charge is 2.25. The first-order valence-electron chi connectivity index (χ1n) is 7.48. The van der Waals surface area contributed by atoms with E-state index in [1.807, 2.05) is 11.8 Å². The third kappa shape index (κ3) is 4.70. The van der Waals surface area contributed by atoms with Crippen LogP contribution in [-0.4, -0.2) is 36.5 Å². The molecule has 1 aliphatic heterocycles. The van der Waals surface area contributed by atoms with E-state index in [0.717, 1.165) is 25.9 Å². The van der Waals surface area contributed by atoms with E-state index in [-0.39, 0.29) is 17.8 Å². The predicted octanol–water partition coefficient (Wildman–Crippen LogP) is 2.18. The summed E-state index contributed by atoms with van der Waals surface area (Å²) in [5.74, 6) is 0.771. The van der Waals surface area contributed by atoms with Crippen molar-refractivity contribution in [1.29, 1.82) is 0 Å². The normalized spacial score (nSPS) is 20.1. The summed E-state index contributed by atoms with van der Waals surface area (Å²) in [5, 5.41) is 0. The Morgan fingerprint density at radius 2 is 2.19 bits per heavy atom. The summed E-state index contributed by atoms with van der Waals surface area (Å²) in [6, 6.07) is 5.93. The van der Waals surface area contributed by atoms with Crippen LogP contribution in [0.4, 0.5) is 4.39 Å². The molecule has 1 amide bonds. The first kappa shape index (κ1) is 15.8. The number of piperidine rings is 1. The maximum atomic E-state index is 12.8. The van der Waals surface area contributed by atoms with Crippen molar-refractivity contribution in [2.75, 3.05) is 19.7 Å². The fraction of sp³-hybridized carbons (Fsp3) is 0.562. The van der Waals surface area contributed by atoms with Gasteiger partial charge in [0, 0.05) is 19.1 Å². The van der Waals surface area contributed by atoms with E-state index in [9.17, 15) is 9.18 Å². The summed E-state index contributed by atoms with van der Waals surface area (Å²) in [6.07, 6.45) is 2.44. The number of carbonyl (C=O) groups is 1. The van der Waals surface area contributed by atoms with Gasteiger partial charge in [0.2, 0.25) is 5.91 Å². The van der Waals surface area contributed by atoms with Crippen LogP contribution in [-0.2, 0) is 4.79 Å². The van der Waals surface area contributed by atoms with Gasteiger partial charge >= 0.3 is 0 Å². The highest BCUT2D eigenvalue weighted by molar-refractivity contribution is 5.76. The molecule has 116 valence electrons. The van der Waals surface area contributed by atoms with Gasteiger partial charge in [0.25, 0.3) is 0 Å². The monoisotopic (exact) mass is 294 g/mol. The molecule has 1 aliphatic rings. The maximum absolute atomic E-state index is 12.8. The molecule has 5 heteroatoms. The number of nitrogens with two attached hydrogens (primary N) is 1. The molecule has 0 aliphatic carbocycles. The molecule has 1 aromatic rings. The second-order valence-electron chi connectivity index (χ2n) is 5.65. The Balaban J connectivity index is 1.75. The summed E-state index contributed by atoms with van der Waals surface area (Å²) in [6.45, 7) is 3.85. The van der Waals surface area contributed by atoms with Crippen molar-refractivity contribution in [3.63, 3.8) is 0 Å². The Labute approximate surface area is 125 Å². The van der Waals surface area contributed by atoms with Crippen molar-refractivity contribution < 1.29 is 13.9 Å². The zero-order chi connectivity index (χ0) is 15.2. The van der Waals surface area contributed by atoms with Crippen LogP contribution in [0.1, 0.15) is 26.2 Å². The van der Waals surface area contributed by atoms with E-state index in [1.54, 1.807) is 12.1 Å². The summed E-state index contributed by atoms with van der Waals surface area (Å²) < 4.78 is 18.2. The van der Waals surface area contributed by atoms with E-state index in [1.165, 1.54) is 12.1 Å². The number of hydrogen-bond acceptors (Lipinski definition) is 3. The van der Waals surface area contributed by atoms with Gasteiger partial charge in [0.05, 0.1) is 13.0 Å². The Hall–Kier alpha value is -1.62. The second kappa shape index (κ2) is 7.41. The van der Waals surface area contributed by atoms with Crippen molar-refractivity contribution in [2.45, 2.75) is 32.2 Å². The van der Waals surface area contributed by atoms with E-state index >= 15 is 0 Å². The lowest BCUT2D eigenvalue weighted by Crippen LogP contribution is -2.45. The number of hydrogen-bond donors (Lipinski definition) is 1. The fourth-order valence-electron chi connectivity index (χ4n) is 2.61. The van der Waals surface area contributed by atoms with Crippen molar-refractivity contribution in [3.8, 4) is 5.75 Å². The molecule has 1 fully saturated rings. The molecule has 1 saturated heterocycles. The molecule has 2 rings (SSSR count). The first-order chi connectivity index (χ1) is 10.1. The van der Waals surface area contributed by atoms with Gasteiger partial charge in [-0.15, -0.1) is 0 Å². The van der Waals surface area contributed by atoms with Gasteiger partial charge in [-0.2, -0.15) is 0 Å². The summed E-state index contributed by atoms with van der Waals surface area (Å²) in [4.78, 5) is 14.0. The maximum Gasteiger partial charge on any atom is 0.226 e. The number of nitrogens with zero attached hydrogens (tertiary/aromatic N) is 1. The highest BCUT2D eigenvalue weighted by Crippen LogP contribution is 2.19. The molecule has 0 saturated carbocycles. The lowest BCUT2D eigenvalue weighted by atomic mass is 9.92. The zero-order valence-electron chi connectivity index (χ0n) is 12.4. The van der Waals surface area contributed by atoms with E-state index in [4.69, 9.17) is 10.5 Å². The Morgan fingerprint density at radius 3 is 2.86 bits per heavy atom. The van der Waals surface area contributed by atoms with Crippen LogP contribution in [0.15, 0.2) is 24.3 Å². The van der Waals surface area contributed by atoms with E-state index in [2.05, 4.69) is 0 Å². The Morgan fingerprint density at radius 1 is 1.48 bits per heavy atom. The average molecular weight is 294 g/mol. The standard InChI is InChI=1S/C16H23FN2O2/c1-12(18)13-3-2-9-19(11-13)16(20)8-10-21-15-6-4-14(17)5-7-15/h4-7,12-13H,2-3,8-11,18H2,1H3/t12-,13+/m0/s1. The highest BCUT2D eigenvalue weighted by atomic mass is 19.1. The quantitative estimate of drug-likeness (QED) is 0.905. The lowest BCUT2D eigenvalue weighted by molar-refractivity contribution is -0.133. The molecule has 1 aromatic carbocycles. The molecule has 2 atom stereocenters. The Bertz CT molecular complexity index is 462. The molecule has 0 radical (unpaired) electrons. The zero-order valence-corrected chi connectivity index (χ0v) is 12.4. The molecule has 0 unspecified atom stereocenters. The number of halogens is 1. The number of likely N-dealkylation sites (tertiary alicyclic amines) is 1. The predicted molar refractivity (Wildman–Crippen MR) is 79.5 cm³/mol. The molecular weight excluding hydrogens is 271 g/mol. The van der Waals surface area contributed by atoms with Gasteiger partial charge in [-0.25, -0.2) is 4.39 Å². The van der Waals surface area contributed by atoms with Crippen LogP contribution in [0.2, 0.25) is 0 Å². The fourth-order valence-corrected chi connectivity index (χ4v) is 2.61. The van der Waals surface area contributed by atoms with Crippen molar-refractivity contribution in [3.05, 3.63) is 30.1 Å². The minimum absolute atomic E-state index is 0.0995. The smallest absolute Gasteiger partial charge is 0.226 e. The van der Waals surface area contributed by atoms with Gasteiger partial charge in [0.1, 0.15) is 11.6 Å². The minimum atomic E-state index is -0.298. The molecular formula is C16H23FN2O2. The summed E-state index contributed by atoms with van der Waals surface area (Å²) >= 11 is 0. The van der Waals surface area contributed by atoms with Gasteiger partial charge < -0.3 is 15.4 Å². The van der Waals surface area contributed by atoms with Crippen LogP contribution >= 0.6 is 0 Å². The molecule has 4 nitrogen and oxygen atoms in total. The molecule has 0 aromatic heterocycles. The number of benzene rings is 1. The van der Waals surface area contributed by atoms with Gasteiger partial charge in [-0.05, 0) is 49.9 Å². The average Bonchev–Trinajstić information content (AvgIpc) is 2.49. The number of ether oxygens (including phenoxy) is 1. The minimum Gasteiger partial charge on any atom is -0.493 e. The van der Waals surface area contributed by atoms with E-state index < -0.39 is 0 Å². The Kier molecular flexibility index (Phi) is 5.56. The van der Waals surface area contributed by atoms with Gasteiger partial charge in [-0.1, -0.05) is 0 Å². The molecule has 1 heterocycles. The van der Waals surface area contributed by atoms with Crippen molar-refractivity contribution in [1.82, 2.24) is 4.90 Å². The van der Waals surface area contributed by atoms with Crippen LogP contribution in [0, 0.1) is 11.7 Å².